The molecule has 0 aromatic heterocycles. The molecule has 3 nitrogen and oxygen atoms in total. The van der Waals surface area contributed by atoms with E-state index in [2.05, 4.69) is 13.8 Å². The quantitative estimate of drug-likeness (QED) is 0.581. The van der Waals surface area contributed by atoms with Crippen LogP contribution in [0, 0.1) is 5.92 Å². The SMILES string of the molecule is CC.CC(C)C1CN(C)N1N. The lowest BCUT2D eigenvalue weighted by molar-refractivity contribution is -0.161. The Bertz CT molecular complexity index is 104. The van der Waals surface area contributed by atoms with Gasteiger partial charge in [-0.2, -0.15) is 5.12 Å². The molecule has 0 aromatic rings. The molecule has 1 aliphatic rings. The van der Waals surface area contributed by atoms with Crippen molar-refractivity contribution in [2.45, 2.75) is 33.7 Å². The number of likely N-dealkylation sites (N-methyl/N-ethyl adjacent to an activating group) is 1. The van der Waals surface area contributed by atoms with Gasteiger partial charge in [-0.15, -0.1) is 0 Å². The Morgan fingerprint density at radius 2 is 1.82 bits per heavy atom. The van der Waals surface area contributed by atoms with Crippen molar-refractivity contribution in [3.63, 3.8) is 0 Å². The van der Waals surface area contributed by atoms with E-state index in [-0.39, 0.29) is 0 Å². The Hall–Kier alpha value is -0.120. The predicted molar refractivity (Wildman–Crippen MR) is 48.6 cm³/mol. The largest absolute Gasteiger partial charge is 0.255 e. The number of nitrogens with zero attached hydrogens (tertiary/aromatic N) is 2. The monoisotopic (exact) mass is 159 g/mol. The van der Waals surface area contributed by atoms with Gasteiger partial charge in [0.15, 0.2) is 0 Å². The molecular formula is C8H21N3. The highest BCUT2D eigenvalue weighted by Gasteiger charge is 2.32. The fraction of sp³-hybridized carbons (Fsp3) is 1.00. The van der Waals surface area contributed by atoms with E-state index in [1.54, 1.807) is 5.12 Å². The van der Waals surface area contributed by atoms with Crippen molar-refractivity contribution in [1.82, 2.24) is 10.1 Å². The van der Waals surface area contributed by atoms with Crippen LogP contribution < -0.4 is 5.84 Å². The zero-order valence-corrected chi connectivity index (χ0v) is 8.33. The van der Waals surface area contributed by atoms with Gasteiger partial charge in [0.2, 0.25) is 0 Å². The van der Waals surface area contributed by atoms with E-state index in [4.69, 9.17) is 5.84 Å². The molecule has 1 fully saturated rings. The number of rotatable bonds is 1. The topological polar surface area (TPSA) is 32.5 Å². The Morgan fingerprint density at radius 1 is 1.36 bits per heavy atom. The minimum absolute atomic E-state index is 0.565. The first-order valence-electron chi connectivity index (χ1n) is 4.38. The van der Waals surface area contributed by atoms with Crippen LogP contribution in [0.15, 0.2) is 0 Å². The predicted octanol–water partition coefficient (Wildman–Crippen LogP) is 1.07. The van der Waals surface area contributed by atoms with Gasteiger partial charge in [0.1, 0.15) is 0 Å². The summed E-state index contributed by atoms with van der Waals surface area (Å²) in [5.41, 5.74) is 0. The van der Waals surface area contributed by atoms with Crippen LogP contribution in [-0.2, 0) is 0 Å². The molecule has 11 heavy (non-hydrogen) atoms. The molecule has 0 radical (unpaired) electrons. The maximum absolute atomic E-state index is 5.63. The lowest BCUT2D eigenvalue weighted by atomic mass is 10.0. The van der Waals surface area contributed by atoms with Crippen molar-refractivity contribution < 1.29 is 0 Å². The number of hydrazine groups is 2. The standard InChI is InChI=1S/C6H15N3.C2H6/c1-5(2)6-4-8(3)9(6)7;1-2/h5-6H,4,7H2,1-3H3;1-2H3. The second-order valence-electron chi connectivity index (χ2n) is 3.03. The van der Waals surface area contributed by atoms with Gasteiger partial charge in [-0.25, -0.2) is 5.01 Å². The normalized spacial score (nSPS) is 25.9. The summed E-state index contributed by atoms with van der Waals surface area (Å²) in [5, 5.41) is 3.81. The van der Waals surface area contributed by atoms with Gasteiger partial charge >= 0.3 is 0 Å². The van der Waals surface area contributed by atoms with Crippen molar-refractivity contribution in [3.05, 3.63) is 0 Å². The highest BCUT2D eigenvalue weighted by Crippen LogP contribution is 2.18. The Labute approximate surface area is 70.1 Å². The molecule has 1 aliphatic heterocycles. The molecule has 0 amide bonds. The van der Waals surface area contributed by atoms with Crippen LogP contribution >= 0.6 is 0 Å². The molecule has 0 spiro atoms. The third-order valence-corrected chi connectivity index (χ3v) is 1.95. The highest BCUT2D eigenvalue weighted by molar-refractivity contribution is 4.79. The number of nitrogens with two attached hydrogens (primary N) is 1. The van der Waals surface area contributed by atoms with E-state index in [9.17, 15) is 0 Å². The van der Waals surface area contributed by atoms with Crippen LogP contribution in [0.1, 0.15) is 27.7 Å². The van der Waals surface area contributed by atoms with Crippen LogP contribution in [0.25, 0.3) is 0 Å². The smallest absolute Gasteiger partial charge is 0.0564 e. The summed E-state index contributed by atoms with van der Waals surface area (Å²) in [5.74, 6) is 6.30. The van der Waals surface area contributed by atoms with Crippen molar-refractivity contribution in [3.8, 4) is 0 Å². The van der Waals surface area contributed by atoms with Gasteiger partial charge in [-0.05, 0) is 5.92 Å². The van der Waals surface area contributed by atoms with Crippen molar-refractivity contribution in [2.24, 2.45) is 11.8 Å². The van der Waals surface area contributed by atoms with Gasteiger partial charge < -0.3 is 0 Å². The van der Waals surface area contributed by atoms with Crippen LogP contribution in [0.4, 0.5) is 0 Å². The zero-order valence-electron chi connectivity index (χ0n) is 8.33. The van der Waals surface area contributed by atoms with E-state index in [0.717, 1.165) is 6.54 Å². The maximum Gasteiger partial charge on any atom is 0.0564 e. The first-order valence-corrected chi connectivity index (χ1v) is 4.38. The summed E-state index contributed by atoms with van der Waals surface area (Å²) < 4.78 is 0. The van der Waals surface area contributed by atoms with Gasteiger partial charge in [-0.3, -0.25) is 5.84 Å². The first kappa shape index (κ1) is 10.9. The van der Waals surface area contributed by atoms with Gasteiger partial charge in [0.25, 0.3) is 0 Å². The second kappa shape index (κ2) is 4.70. The minimum Gasteiger partial charge on any atom is -0.255 e. The van der Waals surface area contributed by atoms with E-state index < -0.39 is 0 Å². The molecule has 0 saturated carbocycles. The van der Waals surface area contributed by atoms with Crippen LogP contribution in [0.3, 0.4) is 0 Å². The fourth-order valence-electron chi connectivity index (χ4n) is 1.12. The summed E-state index contributed by atoms with van der Waals surface area (Å²) in [6.07, 6.45) is 0. The highest BCUT2D eigenvalue weighted by atomic mass is 15.8. The molecular weight excluding hydrogens is 138 g/mol. The third-order valence-electron chi connectivity index (χ3n) is 1.95. The molecule has 0 bridgehead atoms. The molecule has 3 heteroatoms. The summed E-state index contributed by atoms with van der Waals surface area (Å²) in [6.45, 7) is 9.49. The zero-order chi connectivity index (χ0) is 9.02. The summed E-state index contributed by atoms with van der Waals surface area (Å²) in [4.78, 5) is 0. The van der Waals surface area contributed by atoms with Crippen molar-refractivity contribution in [1.29, 1.82) is 0 Å². The summed E-state index contributed by atoms with van der Waals surface area (Å²) in [7, 11) is 2.00. The first-order chi connectivity index (χ1) is 5.13. The number of hydrogen-bond donors (Lipinski definition) is 1. The minimum atomic E-state index is 0.565. The second-order valence-corrected chi connectivity index (χ2v) is 3.03. The van der Waals surface area contributed by atoms with Crippen LogP contribution in [0.2, 0.25) is 0 Å². The lowest BCUT2D eigenvalue weighted by Crippen LogP contribution is -2.67. The van der Waals surface area contributed by atoms with E-state index in [1.165, 1.54) is 0 Å². The van der Waals surface area contributed by atoms with Crippen LogP contribution in [0.5, 0.6) is 0 Å². The Kier molecular flexibility index (Phi) is 4.65. The van der Waals surface area contributed by atoms with E-state index in [0.29, 0.717) is 12.0 Å². The summed E-state index contributed by atoms with van der Waals surface area (Å²) in [6, 6.07) is 0.565. The van der Waals surface area contributed by atoms with Gasteiger partial charge in [0.05, 0.1) is 6.04 Å². The Morgan fingerprint density at radius 3 is 1.91 bits per heavy atom. The Balaban J connectivity index is 0.000000461. The third kappa shape index (κ3) is 2.43. The summed E-state index contributed by atoms with van der Waals surface area (Å²) >= 11 is 0. The maximum atomic E-state index is 5.63. The van der Waals surface area contributed by atoms with Gasteiger partial charge in [-0.1, -0.05) is 27.7 Å². The molecule has 1 heterocycles. The number of hydrogen-bond acceptors (Lipinski definition) is 3. The fourth-order valence-corrected chi connectivity index (χ4v) is 1.12. The van der Waals surface area contributed by atoms with E-state index in [1.807, 2.05) is 25.9 Å². The molecule has 2 N–H and O–H groups in total. The molecule has 0 aliphatic carbocycles. The van der Waals surface area contributed by atoms with Gasteiger partial charge in [0, 0.05) is 13.6 Å². The molecule has 1 saturated heterocycles. The molecule has 0 aromatic carbocycles. The van der Waals surface area contributed by atoms with Crippen molar-refractivity contribution >= 4 is 0 Å². The van der Waals surface area contributed by atoms with Crippen molar-refractivity contribution in [2.75, 3.05) is 13.6 Å². The average molecular weight is 159 g/mol. The molecule has 1 atom stereocenters. The lowest BCUT2D eigenvalue weighted by Gasteiger charge is -2.47. The van der Waals surface area contributed by atoms with E-state index >= 15 is 0 Å². The molecule has 68 valence electrons. The molecule has 1 unspecified atom stereocenters. The molecule has 1 rings (SSSR count). The average Bonchev–Trinajstić information content (AvgIpc) is 2.02. The van der Waals surface area contributed by atoms with Crippen LogP contribution in [-0.4, -0.2) is 29.8 Å².